The fraction of sp³-hybridized carbons (Fsp3) is 0.400. The van der Waals surface area contributed by atoms with E-state index in [9.17, 15) is 4.79 Å². The predicted octanol–water partition coefficient (Wildman–Crippen LogP) is 4.33. The molecule has 1 N–H and O–H groups in total. The number of carbonyl (C=O) groups excluding carboxylic acids is 1. The number of hydrogen-bond donors (Lipinski definition) is 1. The summed E-state index contributed by atoms with van der Waals surface area (Å²) in [5.74, 6) is 2.07. The molecule has 0 radical (unpaired) electrons. The fourth-order valence-electron chi connectivity index (χ4n) is 2.73. The van der Waals surface area contributed by atoms with Gasteiger partial charge >= 0.3 is 0 Å². The molecule has 2 atom stereocenters. The van der Waals surface area contributed by atoms with Crippen LogP contribution in [-0.2, 0) is 11.3 Å². The third-order valence-electron chi connectivity index (χ3n) is 4.30. The van der Waals surface area contributed by atoms with Gasteiger partial charge in [-0.1, -0.05) is 11.8 Å². The van der Waals surface area contributed by atoms with Crippen LogP contribution in [0.2, 0.25) is 0 Å². The number of aromatic nitrogens is 4. The van der Waals surface area contributed by atoms with Gasteiger partial charge in [-0.15, -0.1) is 21.5 Å². The molecule has 10 heteroatoms. The molecule has 2 heterocycles. The van der Waals surface area contributed by atoms with Crippen molar-refractivity contribution < 1.29 is 14.3 Å². The molecular formula is C20H25N5O3S2. The van der Waals surface area contributed by atoms with E-state index in [1.807, 2.05) is 61.9 Å². The number of methoxy groups -OCH3 is 1. The van der Waals surface area contributed by atoms with E-state index in [-0.39, 0.29) is 17.3 Å². The summed E-state index contributed by atoms with van der Waals surface area (Å²) in [5, 5.41) is 14.3. The highest BCUT2D eigenvalue weighted by Gasteiger charge is 2.23. The molecule has 0 saturated carbocycles. The molecule has 0 fully saturated rings. The summed E-state index contributed by atoms with van der Waals surface area (Å²) in [6, 6.07) is 7.39. The average Bonchev–Trinajstić information content (AvgIpc) is 3.33. The molecule has 1 amide bonds. The minimum Gasteiger partial charge on any atom is -0.497 e. The number of nitrogens with one attached hydrogen (secondary N) is 1. The van der Waals surface area contributed by atoms with Crippen LogP contribution >= 0.6 is 23.1 Å². The molecule has 0 aliphatic rings. The Labute approximate surface area is 184 Å². The largest absolute Gasteiger partial charge is 0.497 e. The lowest BCUT2D eigenvalue weighted by Gasteiger charge is -2.16. The van der Waals surface area contributed by atoms with E-state index in [0.29, 0.717) is 22.7 Å². The summed E-state index contributed by atoms with van der Waals surface area (Å²) in [6.07, 6.45) is -0.303. The van der Waals surface area contributed by atoms with Gasteiger partial charge in [-0.25, -0.2) is 4.98 Å². The van der Waals surface area contributed by atoms with E-state index < -0.39 is 0 Å². The molecule has 0 aliphatic carbocycles. The van der Waals surface area contributed by atoms with Crippen LogP contribution in [0.5, 0.6) is 11.5 Å². The Bertz CT molecular complexity index is 987. The number of anilines is 1. The van der Waals surface area contributed by atoms with Crippen molar-refractivity contribution in [2.75, 3.05) is 12.4 Å². The maximum atomic E-state index is 12.5. The van der Waals surface area contributed by atoms with Crippen molar-refractivity contribution in [2.24, 2.45) is 0 Å². The third-order valence-corrected chi connectivity index (χ3v) is 6.25. The molecule has 2 aromatic heterocycles. The molecular weight excluding hydrogens is 422 g/mol. The van der Waals surface area contributed by atoms with Crippen molar-refractivity contribution in [2.45, 2.75) is 50.8 Å². The zero-order chi connectivity index (χ0) is 21.7. The van der Waals surface area contributed by atoms with Crippen molar-refractivity contribution in [1.29, 1.82) is 0 Å². The van der Waals surface area contributed by atoms with Gasteiger partial charge in [0.05, 0.1) is 18.1 Å². The molecule has 0 aliphatic heterocycles. The van der Waals surface area contributed by atoms with Gasteiger partial charge in [0.25, 0.3) is 0 Å². The first-order valence-electron chi connectivity index (χ1n) is 9.54. The zero-order valence-electron chi connectivity index (χ0n) is 17.6. The Balaban J connectivity index is 1.67. The maximum absolute atomic E-state index is 12.5. The summed E-state index contributed by atoms with van der Waals surface area (Å²) in [5.41, 5.74) is 0.886. The molecule has 1 aromatic carbocycles. The van der Waals surface area contributed by atoms with Crippen molar-refractivity contribution in [3.63, 3.8) is 0 Å². The number of benzene rings is 1. The number of thioether (sulfide) groups is 1. The highest BCUT2D eigenvalue weighted by molar-refractivity contribution is 8.00. The number of amides is 1. The zero-order valence-corrected chi connectivity index (χ0v) is 19.2. The SMILES string of the molecule is CCn1c(SC(C)C(=O)Nc2nc(C)cs2)nnc1C(C)Oc1ccc(OC)cc1. The molecule has 8 nitrogen and oxygen atoms in total. The normalized spacial score (nSPS) is 13.0. The van der Waals surface area contributed by atoms with Crippen LogP contribution in [0.1, 0.15) is 38.4 Å². The molecule has 30 heavy (non-hydrogen) atoms. The molecule has 3 rings (SSSR count). The van der Waals surface area contributed by atoms with E-state index in [0.717, 1.165) is 17.2 Å². The number of thiazole rings is 1. The lowest BCUT2D eigenvalue weighted by molar-refractivity contribution is -0.115. The first-order valence-corrected chi connectivity index (χ1v) is 11.3. The van der Waals surface area contributed by atoms with Crippen molar-refractivity contribution in [1.82, 2.24) is 19.7 Å². The highest BCUT2D eigenvalue weighted by atomic mass is 32.2. The first kappa shape index (κ1) is 22.1. The van der Waals surface area contributed by atoms with Crippen LogP contribution in [0.4, 0.5) is 5.13 Å². The number of rotatable bonds is 9. The van der Waals surface area contributed by atoms with Gasteiger partial charge in [0.1, 0.15) is 11.5 Å². The lowest BCUT2D eigenvalue weighted by Crippen LogP contribution is -2.23. The molecule has 0 bridgehead atoms. The minimum atomic E-state index is -0.352. The standard InChI is InChI=1S/C20H25N5O3S2/c1-6-25-17(13(3)28-16-9-7-15(27-5)8-10-16)23-24-20(25)30-14(4)18(26)22-19-21-12(2)11-29-19/h7-11,13-14H,6H2,1-5H3,(H,21,22,26). The van der Waals surface area contributed by atoms with Crippen molar-refractivity contribution in [3.05, 3.63) is 41.2 Å². The molecule has 0 spiro atoms. The molecule has 3 aromatic rings. The van der Waals surface area contributed by atoms with Crippen molar-refractivity contribution >= 4 is 34.1 Å². The van der Waals surface area contributed by atoms with Gasteiger partial charge in [-0.2, -0.15) is 0 Å². The summed E-state index contributed by atoms with van der Waals surface area (Å²) in [7, 11) is 1.63. The second-order valence-electron chi connectivity index (χ2n) is 6.56. The summed E-state index contributed by atoms with van der Waals surface area (Å²) in [6.45, 7) is 8.34. The van der Waals surface area contributed by atoms with Gasteiger partial charge in [0.2, 0.25) is 5.91 Å². The van der Waals surface area contributed by atoms with Crippen molar-refractivity contribution in [3.8, 4) is 11.5 Å². The van der Waals surface area contributed by atoms with Gasteiger partial charge < -0.3 is 19.4 Å². The summed E-state index contributed by atoms with van der Waals surface area (Å²) in [4.78, 5) is 16.8. The van der Waals surface area contributed by atoms with Crippen LogP contribution in [0, 0.1) is 6.92 Å². The number of carbonyl (C=O) groups is 1. The topological polar surface area (TPSA) is 91.2 Å². The Morgan fingerprint density at radius 3 is 2.53 bits per heavy atom. The van der Waals surface area contributed by atoms with Crippen LogP contribution in [-0.4, -0.2) is 38.0 Å². The van der Waals surface area contributed by atoms with Gasteiger partial charge in [-0.3, -0.25) is 4.79 Å². The molecule has 0 saturated heterocycles. The summed E-state index contributed by atoms with van der Waals surface area (Å²) < 4.78 is 13.2. The quantitative estimate of drug-likeness (QED) is 0.488. The fourth-order valence-corrected chi connectivity index (χ4v) is 4.34. The van der Waals surface area contributed by atoms with E-state index >= 15 is 0 Å². The predicted molar refractivity (Wildman–Crippen MR) is 119 cm³/mol. The lowest BCUT2D eigenvalue weighted by atomic mass is 10.3. The number of nitrogens with zero attached hydrogens (tertiary/aromatic N) is 4. The molecule has 2 unspecified atom stereocenters. The second-order valence-corrected chi connectivity index (χ2v) is 8.73. The third kappa shape index (κ3) is 5.31. The Morgan fingerprint density at radius 1 is 1.23 bits per heavy atom. The summed E-state index contributed by atoms with van der Waals surface area (Å²) >= 11 is 2.77. The van der Waals surface area contributed by atoms with Crippen LogP contribution in [0.25, 0.3) is 0 Å². The number of aryl methyl sites for hydroxylation is 1. The van der Waals surface area contributed by atoms with E-state index in [1.165, 1.54) is 23.1 Å². The van der Waals surface area contributed by atoms with E-state index in [2.05, 4.69) is 20.5 Å². The average molecular weight is 448 g/mol. The van der Waals surface area contributed by atoms with Crippen LogP contribution < -0.4 is 14.8 Å². The Hall–Kier alpha value is -2.59. The smallest absolute Gasteiger partial charge is 0.239 e. The van der Waals surface area contributed by atoms with Gasteiger partial charge in [-0.05, 0) is 52.0 Å². The van der Waals surface area contributed by atoms with E-state index in [4.69, 9.17) is 9.47 Å². The highest BCUT2D eigenvalue weighted by Crippen LogP contribution is 2.28. The second kappa shape index (κ2) is 9.94. The first-order chi connectivity index (χ1) is 14.4. The molecule has 160 valence electrons. The number of ether oxygens (including phenoxy) is 2. The van der Waals surface area contributed by atoms with Crippen LogP contribution in [0.3, 0.4) is 0 Å². The van der Waals surface area contributed by atoms with E-state index in [1.54, 1.807) is 7.11 Å². The van der Waals surface area contributed by atoms with Gasteiger partial charge in [0, 0.05) is 11.9 Å². The van der Waals surface area contributed by atoms with Crippen LogP contribution in [0.15, 0.2) is 34.8 Å². The Morgan fingerprint density at radius 2 is 1.93 bits per heavy atom. The number of hydrogen-bond acceptors (Lipinski definition) is 8. The minimum absolute atomic E-state index is 0.121. The van der Waals surface area contributed by atoms with Gasteiger partial charge in [0.15, 0.2) is 22.2 Å². The monoisotopic (exact) mass is 447 g/mol. The Kier molecular flexibility index (Phi) is 7.33. The maximum Gasteiger partial charge on any atom is 0.239 e.